The standard InChI is InChI=1S/C3H6F3O2P/c1-2-8-9(7)3(4,5)6/h7H,2H2,1H3. The molecule has 0 saturated carbocycles. The van der Waals surface area contributed by atoms with Gasteiger partial charge in [-0.15, -0.1) is 0 Å². The van der Waals surface area contributed by atoms with Crippen LogP contribution in [0.2, 0.25) is 0 Å². The molecule has 0 aromatic rings. The van der Waals surface area contributed by atoms with Gasteiger partial charge in [-0.1, -0.05) is 0 Å². The zero-order valence-corrected chi connectivity index (χ0v) is 5.54. The highest BCUT2D eigenvalue weighted by molar-refractivity contribution is 7.47. The Hall–Kier alpha value is 0.140. The van der Waals surface area contributed by atoms with Crippen molar-refractivity contribution in [2.75, 3.05) is 6.61 Å². The second kappa shape index (κ2) is 3.34. The molecule has 0 aliphatic heterocycles. The second-order valence-electron chi connectivity index (χ2n) is 1.16. The molecule has 0 aliphatic rings. The Morgan fingerprint density at radius 3 is 2.11 bits per heavy atom. The molecule has 0 bridgehead atoms. The van der Waals surface area contributed by atoms with E-state index in [2.05, 4.69) is 4.52 Å². The van der Waals surface area contributed by atoms with Gasteiger partial charge in [0, 0.05) is 0 Å². The fourth-order valence-electron chi connectivity index (χ4n) is 0.195. The zero-order chi connectivity index (χ0) is 7.49. The third-order valence-electron chi connectivity index (χ3n) is 0.468. The smallest absolute Gasteiger partial charge is 0.343 e. The number of rotatable bonds is 2. The van der Waals surface area contributed by atoms with Crippen molar-refractivity contribution < 1.29 is 22.6 Å². The van der Waals surface area contributed by atoms with Crippen molar-refractivity contribution in [2.24, 2.45) is 0 Å². The number of alkyl halides is 3. The van der Waals surface area contributed by atoms with E-state index in [0.29, 0.717) is 0 Å². The molecule has 0 aromatic carbocycles. The van der Waals surface area contributed by atoms with Gasteiger partial charge in [-0.3, -0.25) is 0 Å². The highest BCUT2D eigenvalue weighted by Gasteiger charge is 2.40. The third-order valence-corrected chi connectivity index (χ3v) is 1.40. The van der Waals surface area contributed by atoms with Crippen molar-refractivity contribution in [3.05, 3.63) is 0 Å². The molecular weight excluding hydrogens is 156 g/mol. The summed E-state index contributed by atoms with van der Waals surface area (Å²) in [5.74, 6) is -4.59. The van der Waals surface area contributed by atoms with Gasteiger partial charge in [0.25, 0.3) is 8.38 Å². The summed E-state index contributed by atoms with van der Waals surface area (Å²) in [5, 5.41) is 0. The Bertz CT molecular complexity index is 83.6. The average Bonchev–Trinajstić information content (AvgIpc) is 1.64. The minimum absolute atomic E-state index is 0.123. The molecule has 0 rings (SSSR count). The predicted octanol–water partition coefficient (Wildman–Crippen LogP) is 1.85. The largest absolute Gasteiger partial charge is 0.458 e. The quantitative estimate of drug-likeness (QED) is 0.627. The maximum Gasteiger partial charge on any atom is 0.458 e. The molecule has 0 radical (unpaired) electrons. The Morgan fingerprint density at radius 2 is 2.00 bits per heavy atom. The topological polar surface area (TPSA) is 29.5 Å². The first kappa shape index (κ1) is 9.14. The van der Waals surface area contributed by atoms with Gasteiger partial charge >= 0.3 is 5.92 Å². The summed E-state index contributed by atoms with van der Waals surface area (Å²) in [7, 11) is -3.22. The van der Waals surface area contributed by atoms with E-state index in [0.717, 1.165) is 0 Å². The summed E-state index contributed by atoms with van der Waals surface area (Å²) in [4.78, 5) is 8.10. The summed E-state index contributed by atoms with van der Waals surface area (Å²) in [5.41, 5.74) is 0. The molecule has 0 saturated heterocycles. The molecule has 0 spiro atoms. The van der Waals surface area contributed by atoms with E-state index < -0.39 is 14.3 Å². The molecular formula is C3H6F3O2P. The molecule has 0 heterocycles. The molecule has 0 aliphatic carbocycles. The molecule has 1 atom stereocenters. The fraction of sp³-hybridized carbons (Fsp3) is 1.00. The van der Waals surface area contributed by atoms with Crippen molar-refractivity contribution in [3.8, 4) is 0 Å². The second-order valence-corrected chi connectivity index (χ2v) is 2.47. The first-order chi connectivity index (χ1) is 3.98. The van der Waals surface area contributed by atoms with Crippen molar-refractivity contribution in [1.29, 1.82) is 0 Å². The third kappa shape index (κ3) is 3.67. The molecule has 1 N–H and O–H groups in total. The van der Waals surface area contributed by atoms with Gasteiger partial charge in [-0.2, -0.15) is 13.2 Å². The molecule has 0 fully saturated rings. The van der Waals surface area contributed by atoms with Crippen LogP contribution in [0.15, 0.2) is 0 Å². The Kier molecular flexibility index (Phi) is 3.40. The van der Waals surface area contributed by atoms with E-state index >= 15 is 0 Å². The first-order valence-electron chi connectivity index (χ1n) is 2.17. The van der Waals surface area contributed by atoms with E-state index in [4.69, 9.17) is 4.89 Å². The van der Waals surface area contributed by atoms with Crippen LogP contribution in [0.4, 0.5) is 13.2 Å². The van der Waals surface area contributed by atoms with Crippen LogP contribution in [-0.4, -0.2) is 17.4 Å². The molecule has 56 valence electrons. The van der Waals surface area contributed by atoms with E-state index in [-0.39, 0.29) is 6.61 Å². The van der Waals surface area contributed by atoms with Crippen molar-refractivity contribution >= 4 is 8.38 Å². The highest BCUT2D eigenvalue weighted by atomic mass is 31.2. The summed E-state index contributed by atoms with van der Waals surface area (Å²) in [6.07, 6.45) is 0. The zero-order valence-electron chi connectivity index (χ0n) is 4.64. The molecule has 6 heteroatoms. The molecule has 0 aromatic heterocycles. The van der Waals surface area contributed by atoms with Gasteiger partial charge in [0.2, 0.25) is 0 Å². The monoisotopic (exact) mass is 162 g/mol. The summed E-state index contributed by atoms with van der Waals surface area (Å²) >= 11 is 0. The minimum atomic E-state index is -4.59. The normalized spacial score (nSPS) is 15.7. The molecule has 0 amide bonds. The summed E-state index contributed by atoms with van der Waals surface area (Å²) in [6, 6.07) is 0. The fourth-order valence-corrected chi connectivity index (χ4v) is 0.586. The van der Waals surface area contributed by atoms with Crippen molar-refractivity contribution in [1.82, 2.24) is 0 Å². The average molecular weight is 162 g/mol. The van der Waals surface area contributed by atoms with Crippen molar-refractivity contribution in [2.45, 2.75) is 12.8 Å². The predicted molar refractivity (Wildman–Crippen MR) is 26.8 cm³/mol. The molecule has 9 heavy (non-hydrogen) atoms. The van der Waals surface area contributed by atoms with E-state index in [1.165, 1.54) is 6.92 Å². The first-order valence-corrected chi connectivity index (χ1v) is 3.38. The lowest BCUT2D eigenvalue weighted by Gasteiger charge is -2.11. The van der Waals surface area contributed by atoms with E-state index in [1.807, 2.05) is 0 Å². The van der Waals surface area contributed by atoms with Gasteiger partial charge < -0.3 is 9.42 Å². The van der Waals surface area contributed by atoms with Gasteiger partial charge in [0.15, 0.2) is 0 Å². The van der Waals surface area contributed by atoms with Gasteiger partial charge in [0.1, 0.15) is 0 Å². The van der Waals surface area contributed by atoms with E-state index in [9.17, 15) is 13.2 Å². The highest BCUT2D eigenvalue weighted by Crippen LogP contribution is 2.50. The molecule has 2 nitrogen and oxygen atoms in total. The van der Waals surface area contributed by atoms with Gasteiger partial charge in [-0.05, 0) is 6.92 Å². The van der Waals surface area contributed by atoms with Crippen LogP contribution in [-0.2, 0) is 4.52 Å². The summed E-state index contributed by atoms with van der Waals surface area (Å²) in [6.45, 7) is 1.26. The van der Waals surface area contributed by atoms with Gasteiger partial charge in [0.05, 0.1) is 6.61 Å². The van der Waals surface area contributed by atoms with Crippen LogP contribution >= 0.6 is 8.38 Å². The number of halogens is 3. The lowest BCUT2D eigenvalue weighted by atomic mass is 10.9. The summed E-state index contributed by atoms with van der Waals surface area (Å²) < 4.78 is 37.8. The van der Waals surface area contributed by atoms with Crippen molar-refractivity contribution in [3.63, 3.8) is 0 Å². The van der Waals surface area contributed by atoms with Crippen LogP contribution in [0.25, 0.3) is 0 Å². The van der Waals surface area contributed by atoms with Crippen LogP contribution < -0.4 is 0 Å². The Balaban J connectivity index is 3.59. The number of hydrogen-bond donors (Lipinski definition) is 1. The number of hydrogen-bond acceptors (Lipinski definition) is 2. The Morgan fingerprint density at radius 1 is 1.56 bits per heavy atom. The van der Waals surface area contributed by atoms with E-state index in [1.54, 1.807) is 0 Å². The lowest BCUT2D eigenvalue weighted by Crippen LogP contribution is -2.05. The maximum atomic E-state index is 11.3. The molecule has 1 unspecified atom stereocenters. The van der Waals surface area contributed by atoms with Crippen LogP contribution in [0, 0.1) is 0 Å². The van der Waals surface area contributed by atoms with Crippen LogP contribution in [0.3, 0.4) is 0 Å². The SMILES string of the molecule is CCOP(O)C(F)(F)F. The van der Waals surface area contributed by atoms with Gasteiger partial charge in [-0.25, -0.2) is 0 Å². The minimum Gasteiger partial charge on any atom is -0.343 e. The Labute approximate surface area is 51.5 Å². The van der Waals surface area contributed by atoms with Crippen LogP contribution in [0.1, 0.15) is 6.92 Å². The van der Waals surface area contributed by atoms with Crippen LogP contribution in [0.5, 0.6) is 0 Å². The lowest BCUT2D eigenvalue weighted by molar-refractivity contribution is -0.0589. The maximum absolute atomic E-state index is 11.3.